The van der Waals surface area contributed by atoms with E-state index in [1.165, 1.54) is 0 Å². The fraction of sp³-hybridized carbons (Fsp3) is 0.286. The van der Waals surface area contributed by atoms with Gasteiger partial charge in [-0.3, -0.25) is 0 Å². The number of halogens is 6. The van der Waals surface area contributed by atoms with Crippen LogP contribution in [0, 0.1) is 0 Å². The Morgan fingerprint density at radius 1 is 1.07 bits per heavy atom. The van der Waals surface area contributed by atoms with E-state index in [0.717, 1.165) is 6.07 Å². The van der Waals surface area contributed by atoms with Gasteiger partial charge in [-0.2, -0.15) is 22.0 Å². The van der Waals surface area contributed by atoms with Gasteiger partial charge in [0.1, 0.15) is 5.15 Å². The molecular formula is C7H3ClF5N. The molecule has 0 amide bonds. The van der Waals surface area contributed by atoms with Crippen molar-refractivity contribution in [3.05, 3.63) is 29.0 Å². The summed E-state index contributed by atoms with van der Waals surface area (Å²) in [5.41, 5.74) is -1.23. The zero-order chi connectivity index (χ0) is 11.0. The summed E-state index contributed by atoms with van der Waals surface area (Å²) in [7, 11) is 0. The van der Waals surface area contributed by atoms with Crippen LogP contribution in [0.5, 0.6) is 0 Å². The van der Waals surface area contributed by atoms with Crippen LogP contribution in [0.25, 0.3) is 0 Å². The summed E-state index contributed by atoms with van der Waals surface area (Å²) in [4.78, 5) is 3.14. The molecule has 0 aliphatic carbocycles. The van der Waals surface area contributed by atoms with Crippen molar-refractivity contribution in [1.29, 1.82) is 0 Å². The zero-order valence-electron chi connectivity index (χ0n) is 6.45. The quantitative estimate of drug-likeness (QED) is 0.533. The van der Waals surface area contributed by atoms with Gasteiger partial charge in [-0.15, -0.1) is 0 Å². The zero-order valence-corrected chi connectivity index (χ0v) is 7.20. The van der Waals surface area contributed by atoms with E-state index in [1.807, 2.05) is 0 Å². The van der Waals surface area contributed by atoms with Crippen LogP contribution in [0.15, 0.2) is 18.3 Å². The van der Waals surface area contributed by atoms with Crippen molar-refractivity contribution in [3.8, 4) is 0 Å². The third-order valence-corrected chi connectivity index (χ3v) is 1.67. The summed E-state index contributed by atoms with van der Waals surface area (Å²) in [6.45, 7) is 0. The SMILES string of the molecule is FC(F)(F)C(F)(F)c1ccc(Cl)nc1. The van der Waals surface area contributed by atoms with Gasteiger partial charge in [0, 0.05) is 11.8 Å². The van der Waals surface area contributed by atoms with Gasteiger partial charge in [0.25, 0.3) is 0 Å². The first kappa shape index (κ1) is 11.2. The Balaban J connectivity index is 3.10. The Labute approximate surface area is 80.5 Å². The Bertz CT molecular complexity index is 318. The molecule has 0 aliphatic heterocycles. The smallest absolute Gasteiger partial charge is 0.244 e. The van der Waals surface area contributed by atoms with E-state index in [9.17, 15) is 22.0 Å². The summed E-state index contributed by atoms with van der Waals surface area (Å²) in [5, 5.41) is -0.147. The van der Waals surface area contributed by atoms with E-state index >= 15 is 0 Å². The molecule has 0 aliphatic rings. The molecule has 0 unspecified atom stereocenters. The predicted molar refractivity (Wildman–Crippen MR) is 39.2 cm³/mol. The predicted octanol–water partition coefficient (Wildman–Crippen LogP) is 3.39. The highest BCUT2D eigenvalue weighted by atomic mass is 35.5. The van der Waals surface area contributed by atoms with E-state index in [2.05, 4.69) is 4.98 Å². The second-order valence-electron chi connectivity index (χ2n) is 2.44. The van der Waals surface area contributed by atoms with Crippen LogP contribution in [0.4, 0.5) is 22.0 Å². The molecule has 14 heavy (non-hydrogen) atoms. The average molecular weight is 232 g/mol. The third-order valence-electron chi connectivity index (χ3n) is 1.45. The molecule has 0 aromatic carbocycles. The molecule has 0 saturated carbocycles. The van der Waals surface area contributed by atoms with Crippen LogP contribution in [0.1, 0.15) is 5.56 Å². The highest BCUT2D eigenvalue weighted by molar-refractivity contribution is 6.29. The Morgan fingerprint density at radius 3 is 2.00 bits per heavy atom. The molecule has 78 valence electrons. The van der Waals surface area contributed by atoms with Crippen molar-refractivity contribution >= 4 is 11.6 Å². The van der Waals surface area contributed by atoms with E-state index in [0.29, 0.717) is 12.3 Å². The van der Waals surface area contributed by atoms with E-state index in [4.69, 9.17) is 11.6 Å². The fourth-order valence-electron chi connectivity index (χ4n) is 0.725. The summed E-state index contributed by atoms with van der Waals surface area (Å²) in [6.07, 6.45) is -5.22. The molecule has 1 nitrogen and oxygen atoms in total. The molecule has 7 heteroatoms. The first-order valence-corrected chi connectivity index (χ1v) is 3.69. The molecule has 1 aromatic heterocycles. The second-order valence-corrected chi connectivity index (χ2v) is 2.83. The third kappa shape index (κ3) is 1.95. The maximum Gasteiger partial charge on any atom is 0.458 e. The molecule has 1 aromatic rings. The molecule has 0 atom stereocenters. The average Bonchev–Trinajstić information content (AvgIpc) is 2.03. The van der Waals surface area contributed by atoms with Crippen molar-refractivity contribution in [1.82, 2.24) is 4.98 Å². The van der Waals surface area contributed by atoms with Crippen LogP contribution < -0.4 is 0 Å². The number of hydrogen-bond donors (Lipinski definition) is 0. The molecule has 0 spiro atoms. The minimum absolute atomic E-state index is 0.147. The first-order valence-electron chi connectivity index (χ1n) is 3.32. The molecule has 1 rings (SSSR count). The van der Waals surface area contributed by atoms with Gasteiger partial charge in [-0.05, 0) is 12.1 Å². The number of alkyl halides is 5. The lowest BCUT2D eigenvalue weighted by molar-refractivity contribution is -0.289. The fourth-order valence-corrected chi connectivity index (χ4v) is 0.837. The molecule has 0 saturated heterocycles. The van der Waals surface area contributed by atoms with Crippen molar-refractivity contribution in [3.63, 3.8) is 0 Å². The van der Waals surface area contributed by atoms with E-state index in [-0.39, 0.29) is 5.15 Å². The number of aromatic nitrogens is 1. The van der Waals surface area contributed by atoms with Gasteiger partial charge < -0.3 is 0 Å². The lowest BCUT2D eigenvalue weighted by atomic mass is 10.1. The summed E-state index contributed by atoms with van der Waals surface area (Å²) in [5.74, 6) is -4.90. The maximum absolute atomic E-state index is 12.6. The molecular weight excluding hydrogens is 229 g/mol. The largest absolute Gasteiger partial charge is 0.458 e. The molecule has 0 radical (unpaired) electrons. The summed E-state index contributed by atoms with van der Waals surface area (Å²) >= 11 is 5.24. The van der Waals surface area contributed by atoms with Crippen molar-refractivity contribution in [2.75, 3.05) is 0 Å². The van der Waals surface area contributed by atoms with Crippen LogP contribution in [0.2, 0.25) is 5.15 Å². The maximum atomic E-state index is 12.6. The van der Waals surface area contributed by atoms with Crippen molar-refractivity contribution in [2.45, 2.75) is 12.1 Å². The lowest BCUT2D eigenvalue weighted by Crippen LogP contribution is -2.33. The number of rotatable bonds is 1. The topological polar surface area (TPSA) is 12.9 Å². The Hall–Kier alpha value is -0.910. The minimum Gasteiger partial charge on any atom is -0.244 e. The van der Waals surface area contributed by atoms with Crippen LogP contribution >= 0.6 is 11.6 Å². The van der Waals surface area contributed by atoms with E-state index < -0.39 is 17.7 Å². The van der Waals surface area contributed by atoms with Crippen LogP contribution in [-0.4, -0.2) is 11.2 Å². The standard InChI is InChI=1S/C7H3ClF5N/c8-5-2-1-4(3-14-5)6(9,10)7(11,12)13/h1-3H. The number of nitrogens with zero attached hydrogens (tertiary/aromatic N) is 1. The highest BCUT2D eigenvalue weighted by Gasteiger charge is 2.58. The molecule has 0 fully saturated rings. The van der Waals surface area contributed by atoms with Crippen LogP contribution in [-0.2, 0) is 5.92 Å². The summed E-state index contributed by atoms with van der Waals surface area (Å²) in [6, 6.07) is 1.46. The highest BCUT2D eigenvalue weighted by Crippen LogP contribution is 2.43. The monoisotopic (exact) mass is 231 g/mol. The van der Waals surface area contributed by atoms with Gasteiger partial charge in [0.15, 0.2) is 0 Å². The van der Waals surface area contributed by atoms with E-state index in [1.54, 1.807) is 0 Å². The normalized spacial score (nSPS) is 13.0. The van der Waals surface area contributed by atoms with Gasteiger partial charge in [0.05, 0.1) is 0 Å². The van der Waals surface area contributed by atoms with Gasteiger partial charge >= 0.3 is 12.1 Å². The molecule has 0 bridgehead atoms. The van der Waals surface area contributed by atoms with Gasteiger partial charge in [-0.25, -0.2) is 4.98 Å². The number of pyridine rings is 1. The first-order chi connectivity index (χ1) is 6.25. The van der Waals surface area contributed by atoms with Gasteiger partial charge in [0.2, 0.25) is 0 Å². The Kier molecular flexibility index (Phi) is 2.67. The van der Waals surface area contributed by atoms with Crippen LogP contribution in [0.3, 0.4) is 0 Å². The summed E-state index contributed by atoms with van der Waals surface area (Å²) < 4.78 is 60.6. The lowest BCUT2D eigenvalue weighted by Gasteiger charge is -2.19. The van der Waals surface area contributed by atoms with Crippen molar-refractivity contribution in [2.24, 2.45) is 0 Å². The van der Waals surface area contributed by atoms with Crippen molar-refractivity contribution < 1.29 is 22.0 Å². The molecule has 1 heterocycles. The minimum atomic E-state index is -5.62. The molecule has 0 N–H and O–H groups in total. The second kappa shape index (κ2) is 3.34. The number of hydrogen-bond acceptors (Lipinski definition) is 1. The Morgan fingerprint density at radius 2 is 1.64 bits per heavy atom. The van der Waals surface area contributed by atoms with Gasteiger partial charge in [-0.1, -0.05) is 11.6 Å².